The van der Waals surface area contributed by atoms with Crippen LogP contribution in [0.2, 0.25) is 0 Å². The lowest BCUT2D eigenvalue weighted by Gasteiger charge is -2.41. The molecular weight excluding hydrogens is 202 g/mol. The molecule has 1 heterocycles. The van der Waals surface area contributed by atoms with E-state index in [4.69, 9.17) is 5.11 Å². The third-order valence-electron chi connectivity index (χ3n) is 4.40. The number of nitrogens with one attached hydrogen (secondary N) is 1. The maximum Gasteiger partial charge on any atom is 0.320 e. The molecule has 3 nitrogen and oxygen atoms in total. The first-order valence-corrected chi connectivity index (χ1v) is 6.68. The van der Waals surface area contributed by atoms with Gasteiger partial charge in [0.25, 0.3) is 0 Å². The second kappa shape index (κ2) is 5.17. The van der Waals surface area contributed by atoms with E-state index in [1.54, 1.807) is 0 Å². The number of piperidine rings is 1. The largest absolute Gasteiger partial charge is 0.480 e. The third kappa shape index (κ3) is 2.76. The summed E-state index contributed by atoms with van der Waals surface area (Å²) in [5.74, 6) is -0.666. The predicted octanol–water partition coefficient (Wildman–Crippen LogP) is 2.55. The molecule has 0 bridgehead atoms. The van der Waals surface area contributed by atoms with Crippen LogP contribution in [-0.2, 0) is 4.79 Å². The minimum atomic E-state index is -0.666. The molecule has 1 saturated heterocycles. The smallest absolute Gasteiger partial charge is 0.320 e. The topological polar surface area (TPSA) is 49.3 Å². The Hall–Kier alpha value is -0.570. The first-order chi connectivity index (χ1) is 7.72. The monoisotopic (exact) mass is 225 g/mol. The Morgan fingerprint density at radius 2 is 1.69 bits per heavy atom. The van der Waals surface area contributed by atoms with Crippen LogP contribution in [0.1, 0.15) is 57.8 Å². The fraction of sp³-hybridized carbons (Fsp3) is 0.923. The summed E-state index contributed by atoms with van der Waals surface area (Å²) in [4.78, 5) is 11.1. The normalized spacial score (nSPS) is 30.6. The molecule has 3 heteroatoms. The summed E-state index contributed by atoms with van der Waals surface area (Å²) in [6.45, 7) is 0.886. The number of aliphatic carboxylic acids is 1. The molecule has 16 heavy (non-hydrogen) atoms. The van der Waals surface area contributed by atoms with Crippen LogP contribution in [0.15, 0.2) is 0 Å². The maximum absolute atomic E-state index is 11.1. The van der Waals surface area contributed by atoms with Crippen LogP contribution < -0.4 is 5.32 Å². The van der Waals surface area contributed by atoms with Gasteiger partial charge < -0.3 is 10.4 Å². The zero-order chi connectivity index (χ0) is 11.4. The van der Waals surface area contributed by atoms with Crippen LogP contribution in [0.25, 0.3) is 0 Å². The Bertz CT molecular complexity index is 244. The van der Waals surface area contributed by atoms with Crippen molar-refractivity contribution < 1.29 is 9.90 Å². The average Bonchev–Trinajstić information content (AvgIpc) is 2.25. The number of hydrogen-bond acceptors (Lipinski definition) is 2. The van der Waals surface area contributed by atoms with E-state index in [9.17, 15) is 4.79 Å². The van der Waals surface area contributed by atoms with E-state index >= 15 is 0 Å². The maximum atomic E-state index is 11.1. The van der Waals surface area contributed by atoms with Crippen LogP contribution in [0.4, 0.5) is 0 Å². The molecule has 1 atom stereocenters. The Kier molecular flexibility index (Phi) is 3.85. The average molecular weight is 225 g/mol. The standard InChI is InChI=1S/C13H23NO2/c15-12(16)11-10-13(8-9-14-11)6-4-2-1-3-5-7-13/h11,14H,1-10H2,(H,15,16)/t11-/m0/s1. The van der Waals surface area contributed by atoms with Gasteiger partial charge in [0.15, 0.2) is 0 Å². The van der Waals surface area contributed by atoms with Gasteiger partial charge in [-0.1, -0.05) is 32.1 Å². The van der Waals surface area contributed by atoms with Gasteiger partial charge in [-0.05, 0) is 37.6 Å². The summed E-state index contributed by atoms with van der Waals surface area (Å²) in [5.41, 5.74) is 0.342. The van der Waals surface area contributed by atoms with E-state index in [1.165, 1.54) is 51.4 Å². The summed E-state index contributed by atoms with van der Waals surface area (Å²) in [7, 11) is 0. The van der Waals surface area contributed by atoms with E-state index in [0.29, 0.717) is 5.41 Å². The third-order valence-corrected chi connectivity index (χ3v) is 4.40. The molecule has 0 aromatic heterocycles. The summed E-state index contributed by atoms with van der Waals surface area (Å²) >= 11 is 0. The lowest BCUT2D eigenvalue weighted by atomic mass is 9.68. The van der Waals surface area contributed by atoms with Gasteiger partial charge in [-0.25, -0.2) is 0 Å². The van der Waals surface area contributed by atoms with E-state index in [-0.39, 0.29) is 6.04 Å². The highest BCUT2D eigenvalue weighted by Gasteiger charge is 2.38. The first kappa shape index (κ1) is 11.9. The molecule has 0 aromatic rings. The molecular formula is C13H23NO2. The Morgan fingerprint density at radius 3 is 2.31 bits per heavy atom. The zero-order valence-corrected chi connectivity index (χ0v) is 10.0. The van der Waals surface area contributed by atoms with Crippen molar-refractivity contribution in [3.05, 3.63) is 0 Å². The second-order valence-corrected chi connectivity index (χ2v) is 5.57. The van der Waals surface area contributed by atoms with Crippen LogP contribution in [0, 0.1) is 5.41 Å². The van der Waals surface area contributed by atoms with Gasteiger partial charge in [0.05, 0.1) is 0 Å². The highest BCUT2D eigenvalue weighted by atomic mass is 16.4. The van der Waals surface area contributed by atoms with Gasteiger partial charge in [-0.2, -0.15) is 0 Å². The summed E-state index contributed by atoms with van der Waals surface area (Å²) in [6, 6.07) is -0.298. The number of carboxylic acid groups (broad SMARTS) is 1. The van der Waals surface area contributed by atoms with Crippen molar-refractivity contribution in [2.75, 3.05) is 6.54 Å². The molecule has 92 valence electrons. The van der Waals surface area contributed by atoms with Gasteiger partial charge in [0.2, 0.25) is 0 Å². The molecule has 1 spiro atoms. The summed E-state index contributed by atoms with van der Waals surface area (Å²) < 4.78 is 0. The van der Waals surface area contributed by atoms with Crippen molar-refractivity contribution in [1.82, 2.24) is 5.32 Å². The molecule has 0 amide bonds. The van der Waals surface area contributed by atoms with Gasteiger partial charge in [-0.3, -0.25) is 4.79 Å². The van der Waals surface area contributed by atoms with Gasteiger partial charge >= 0.3 is 5.97 Å². The zero-order valence-electron chi connectivity index (χ0n) is 10.0. The number of hydrogen-bond donors (Lipinski definition) is 2. The van der Waals surface area contributed by atoms with Gasteiger partial charge in [0, 0.05) is 0 Å². The number of rotatable bonds is 1. The molecule has 2 N–H and O–H groups in total. The van der Waals surface area contributed by atoms with Crippen molar-refractivity contribution in [1.29, 1.82) is 0 Å². The van der Waals surface area contributed by atoms with Crippen LogP contribution >= 0.6 is 0 Å². The van der Waals surface area contributed by atoms with E-state index in [1.807, 2.05) is 0 Å². The fourth-order valence-electron chi connectivity index (χ4n) is 3.40. The lowest BCUT2D eigenvalue weighted by Crippen LogP contribution is -2.48. The fourth-order valence-corrected chi connectivity index (χ4v) is 3.40. The second-order valence-electron chi connectivity index (χ2n) is 5.57. The van der Waals surface area contributed by atoms with E-state index in [2.05, 4.69) is 5.32 Å². The Labute approximate surface area is 97.6 Å². The van der Waals surface area contributed by atoms with Crippen molar-refractivity contribution >= 4 is 5.97 Å². The number of carboxylic acids is 1. The SMILES string of the molecule is O=C(O)[C@@H]1CC2(CCCCCCC2)CCN1. The van der Waals surface area contributed by atoms with Crippen LogP contribution in [-0.4, -0.2) is 23.7 Å². The molecule has 0 unspecified atom stereocenters. The van der Waals surface area contributed by atoms with Crippen LogP contribution in [0.3, 0.4) is 0 Å². The highest BCUT2D eigenvalue weighted by Crippen LogP contribution is 2.42. The molecule has 0 radical (unpaired) electrons. The molecule has 1 aliphatic carbocycles. The predicted molar refractivity (Wildman–Crippen MR) is 63.4 cm³/mol. The molecule has 1 aliphatic heterocycles. The Balaban J connectivity index is 2.00. The van der Waals surface area contributed by atoms with Crippen LogP contribution in [0.5, 0.6) is 0 Å². The molecule has 1 saturated carbocycles. The lowest BCUT2D eigenvalue weighted by molar-refractivity contribution is -0.141. The summed E-state index contributed by atoms with van der Waals surface area (Å²) in [5, 5.41) is 12.2. The first-order valence-electron chi connectivity index (χ1n) is 6.68. The molecule has 2 rings (SSSR count). The van der Waals surface area contributed by atoms with Gasteiger partial charge in [-0.15, -0.1) is 0 Å². The van der Waals surface area contributed by atoms with Crippen molar-refractivity contribution in [2.45, 2.75) is 63.8 Å². The molecule has 2 aliphatic rings. The minimum absolute atomic E-state index is 0.298. The summed E-state index contributed by atoms with van der Waals surface area (Å²) in [6.07, 6.45) is 11.2. The Morgan fingerprint density at radius 1 is 1.06 bits per heavy atom. The van der Waals surface area contributed by atoms with Crippen molar-refractivity contribution in [3.8, 4) is 0 Å². The molecule has 0 aromatic carbocycles. The highest BCUT2D eigenvalue weighted by molar-refractivity contribution is 5.73. The van der Waals surface area contributed by atoms with Gasteiger partial charge in [0.1, 0.15) is 6.04 Å². The number of carbonyl (C=O) groups is 1. The molecule has 2 fully saturated rings. The quantitative estimate of drug-likeness (QED) is 0.721. The van der Waals surface area contributed by atoms with E-state index in [0.717, 1.165) is 13.0 Å². The van der Waals surface area contributed by atoms with E-state index < -0.39 is 5.97 Å². The van der Waals surface area contributed by atoms with Crippen molar-refractivity contribution in [2.24, 2.45) is 5.41 Å². The minimum Gasteiger partial charge on any atom is -0.480 e. The van der Waals surface area contributed by atoms with Crippen molar-refractivity contribution in [3.63, 3.8) is 0 Å².